The Morgan fingerprint density at radius 3 is 2.78 bits per heavy atom. The van der Waals surface area contributed by atoms with Crippen molar-refractivity contribution in [1.82, 2.24) is 20.5 Å². The number of aromatic nitrogens is 3. The van der Waals surface area contributed by atoms with Gasteiger partial charge in [0.2, 0.25) is 0 Å². The standard InChI is InChI=1S/C13H15BrN4/c14-11-5-3-9(4-6-11)12-16-13(18-17-12)10-2-1-7-15-8-10/h3-6,10,15H,1-2,7-8H2,(H,16,17,18). The van der Waals surface area contributed by atoms with Crippen LogP contribution in [0.3, 0.4) is 0 Å². The highest BCUT2D eigenvalue weighted by molar-refractivity contribution is 9.10. The molecule has 1 aromatic heterocycles. The average Bonchev–Trinajstić information content (AvgIpc) is 2.90. The van der Waals surface area contributed by atoms with Crippen molar-refractivity contribution in [3.63, 3.8) is 0 Å². The molecule has 1 aliphatic heterocycles. The fourth-order valence-electron chi connectivity index (χ4n) is 2.27. The number of hydrogen-bond acceptors (Lipinski definition) is 3. The van der Waals surface area contributed by atoms with Gasteiger partial charge in [-0.2, -0.15) is 5.10 Å². The summed E-state index contributed by atoms with van der Waals surface area (Å²) < 4.78 is 1.07. The molecule has 2 N–H and O–H groups in total. The van der Waals surface area contributed by atoms with E-state index in [1.165, 1.54) is 12.8 Å². The average molecular weight is 307 g/mol. The van der Waals surface area contributed by atoms with Crippen LogP contribution >= 0.6 is 15.9 Å². The first-order valence-electron chi connectivity index (χ1n) is 6.22. The van der Waals surface area contributed by atoms with Crippen molar-refractivity contribution in [2.24, 2.45) is 0 Å². The second-order valence-corrected chi connectivity index (χ2v) is 5.51. The van der Waals surface area contributed by atoms with Crippen LogP contribution in [0.15, 0.2) is 28.7 Å². The van der Waals surface area contributed by atoms with E-state index >= 15 is 0 Å². The van der Waals surface area contributed by atoms with Gasteiger partial charge in [0.15, 0.2) is 5.82 Å². The lowest BCUT2D eigenvalue weighted by molar-refractivity contribution is 0.447. The van der Waals surface area contributed by atoms with Gasteiger partial charge in [-0.1, -0.05) is 28.1 Å². The summed E-state index contributed by atoms with van der Waals surface area (Å²) in [6.45, 7) is 2.11. The van der Waals surface area contributed by atoms with Crippen LogP contribution in [0.1, 0.15) is 24.6 Å². The molecule has 1 aliphatic rings. The molecule has 0 radical (unpaired) electrons. The lowest BCUT2D eigenvalue weighted by Gasteiger charge is -2.20. The zero-order valence-electron chi connectivity index (χ0n) is 9.99. The van der Waals surface area contributed by atoms with Crippen LogP contribution in [0.5, 0.6) is 0 Å². The van der Waals surface area contributed by atoms with Gasteiger partial charge in [0.1, 0.15) is 5.82 Å². The summed E-state index contributed by atoms with van der Waals surface area (Å²) in [6, 6.07) is 8.06. The predicted molar refractivity (Wildman–Crippen MR) is 74.4 cm³/mol. The number of piperidine rings is 1. The topological polar surface area (TPSA) is 53.6 Å². The quantitative estimate of drug-likeness (QED) is 0.897. The molecule has 1 fully saturated rings. The van der Waals surface area contributed by atoms with E-state index in [2.05, 4.69) is 36.4 Å². The van der Waals surface area contributed by atoms with Crippen LogP contribution in [-0.4, -0.2) is 28.3 Å². The van der Waals surface area contributed by atoms with E-state index in [9.17, 15) is 0 Å². The largest absolute Gasteiger partial charge is 0.316 e. The maximum Gasteiger partial charge on any atom is 0.181 e. The minimum Gasteiger partial charge on any atom is -0.316 e. The number of nitrogens with zero attached hydrogens (tertiary/aromatic N) is 2. The van der Waals surface area contributed by atoms with Gasteiger partial charge in [0, 0.05) is 22.5 Å². The molecule has 1 saturated heterocycles. The monoisotopic (exact) mass is 306 g/mol. The third-order valence-electron chi connectivity index (χ3n) is 3.29. The molecule has 0 bridgehead atoms. The maximum atomic E-state index is 4.61. The van der Waals surface area contributed by atoms with Crippen LogP contribution in [-0.2, 0) is 0 Å². The summed E-state index contributed by atoms with van der Waals surface area (Å²) in [5.41, 5.74) is 1.05. The van der Waals surface area contributed by atoms with Crippen molar-refractivity contribution in [2.45, 2.75) is 18.8 Å². The van der Waals surface area contributed by atoms with E-state index in [1.54, 1.807) is 0 Å². The van der Waals surface area contributed by atoms with Gasteiger partial charge in [-0.05, 0) is 31.5 Å². The Balaban J connectivity index is 1.82. The number of rotatable bonds is 2. The first-order valence-corrected chi connectivity index (χ1v) is 7.01. The second kappa shape index (κ2) is 5.20. The highest BCUT2D eigenvalue weighted by Gasteiger charge is 2.19. The van der Waals surface area contributed by atoms with Gasteiger partial charge in [-0.15, -0.1) is 0 Å². The minimum absolute atomic E-state index is 0.468. The Bertz CT molecular complexity index is 514. The van der Waals surface area contributed by atoms with Crippen LogP contribution in [0, 0.1) is 0 Å². The molecule has 0 saturated carbocycles. The molecule has 1 aromatic carbocycles. The molecule has 3 rings (SSSR count). The number of benzene rings is 1. The molecular weight excluding hydrogens is 292 g/mol. The fraction of sp³-hybridized carbons (Fsp3) is 0.385. The third kappa shape index (κ3) is 2.47. The van der Waals surface area contributed by atoms with E-state index in [0.29, 0.717) is 5.92 Å². The van der Waals surface area contributed by atoms with Crippen molar-refractivity contribution >= 4 is 15.9 Å². The minimum atomic E-state index is 0.468. The predicted octanol–water partition coefficient (Wildman–Crippen LogP) is 2.70. The van der Waals surface area contributed by atoms with Crippen molar-refractivity contribution in [3.05, 3.63) is 34.6 Å². The van der Waals surface area contributed by atoms with Crippen LogP contribution in [0.2, 0.25) is 0 Å². The summed E-state index contributed by atoms with van der Waals surface area (Å²) in [7, 11) is 0. The van der Waals surface area contributed by atoms with Gasteiger partial charge in [-0.25, -0.2) is 4.98 Å². The van der Waals surface area contributed by atoms with Gasteiger partial charge >= 0.3 is 0 Å². The van der Waals surface area contributed by atoms with E-state index in [0.717, 1.165) is 34.8 Å². The molecule has 0 amide bonds. The van der Waals surface area contributed by atoms with Crippen molar-refractivity contribution in [2.75, 3.05) is 13.1 Å². The number of nitrogens with one attached hydrogen (secondary N) is 2. The number of hydrogen-bond donors (Lipinski definition) is 2. The molecule has 5 heteroatoms. The van der Waals surface area contributed by atoms with E-state index < -0.39 is 0 Å². The zero-order chi connectivity index (χ0) is 12.4. The van der Waals surface area contributed by atoms with E-state index in [4.69, 9.17) is 0 Å². The van der Waals surface area contributed by atoms with E-state index in [1.807, 2.05) is 24.3 Å². The SMILES string of the molecule is Brc1ccc(-c2n[nH]c(C3CCCNC3)n2)cc1. The van der Waals surface area contributed by atoms with Gasteiger partial charge in [0.25, 0.3) is 0 Å². The van der Waals surface area contributed by atoms with Crippen LogP contribution < -0.4 is 5.32 Å². The molecular formula is C13H15BrN4. The smallest absolute Gasteiger partial charge is 0.181 e. The number of halogens is 1. The molecule has 1 unspecified atom stereocenters. The molecule has 2 aromatic rings. The fourth-order valence-corrected chi connectivity index (χ4v) is 2.53. The molecule has 18 heavy (non-hydrogen) atoms. The Hall–Kier alpha value is -1.20. The Labute approximate surface area is 114 Å². The van der Waals surface area contributed by atoms with E-state index in [-0.39, 0.29) is 0 Å². The molecule has 0 aliphatic carbocycles. The van der Waals surface area contributed by atoms with Gasteiger partial charge in [-0.3, -0.25) is 5.10 Å². The summed E-state index contributed by atoms with van der Waals surface area (Å²) in [4.78, 5) is 4.61. The lowest BCUT2D eigenvalue weighted by atomic mass is 9.99. The third-order valence-corrected chi connectivity index (χ3v) is 3.82. The Morgan fingerprint density at radius 2 is 2.06 bits per heavy atom. The zero-order valence-corrected chi connectivity index (χ0v) is 11.6. The highest BCUT2D eigenvalue weighted by Crippen LogP contribution is 2.23. The summed E-state index contributed by atoms with van der Waals surface area (Å²) in [5.74, 6) is 2.25. The molecule has 94 valence electrons. The second-order valence-electron chi connectivity index (χ2n) is 4.59. The summed E-state index contributed by atoms with van der Waals surface area (Å²) in [6.07, 6.45) is 2.39. The molecule has 1 atom stereocenters. The normalized spacial score (nSPS) is 19.9. The van der Waals surface area contributed by atoms with Crippen molar-refractivity contribution in [1.29, 1.82) is 0 Å². The summed E-state index contributed by atoms with van der Waals surface area (Å²) >= 11 is 3.43. The Morgan fingerprint density at radius 1 is 1.22 bits per heavy atom. The van der Waals surface area contributed by atoms with Crippen molar-refractivity contribution in [3.8, 4) is 11.4 Å². The highest BCUT2D eigenvalue weighted by atomic mass is 79.9. The Kier molecular flexibility index (Phi) is 3.43. The lowest BCUT2D eigenvalue weighted by Crippen LogP contribution is -2.28. The molecule has 0 spiro atoms. The number of H-pyrrole nitrogens is 1. The van der Waals surface area contributed by atoms with Gasteiger partial charge in [0.05, 0.1) is 0 Å². The van der Waals surface area contributed by atoms with Gasteiger partial charge < -0.3 is 5.32 Å². The number of aromatic amines is 1. The molecule has 4 nitrogen and oxygen atoms in total. The van der Waals surface area contributed by atoms with Crippen molar-refractivity contribution < 1.29 is 0 Å². The first kappa shape index (κ1) is 11.9. The maximum absolute atomic E-state index is 4.61. The summed E-state index contributed by atoms with van der Waals surface area (Å²) in [5, 5.41) is 10.8. The molecule has 2 heterocycles. The first-order chi connectivity index (χ1) is 8.83. The van der Waals surface area contributed by atoms with Crippen LogP contribution in [0.4, 0.5) is 0 Å². The van der Waals surface area contributed by atoms with Crippen LogP contribution in [0.25, 0.3) is 11.4 Å².